The first-order valence-corrected chi connectivity index (χ1v) is 12.1. The lowest BCUT2D eigenvalue weighted by molar-refractivity contribution is 0.0594. The summed E-state index contributed by atoms with van der Waals surface area (Å²) in [5, 5.41) is 1.22. The van der Waals surface area contributed by atoms with Gasteiger partial charge in [0.2, 0.25) is 0 Å². The van der Waals surface area contributed by atoms with Crippen LogP contribution in [-0.4, -0.2) is 35.9 Å². The van der Waals surface area contributed by atoms with Gasteiger partial charge in [-0.3, -0.25) is 9.88 Å². The maximum Gasteiger partial charge on any atom is 0.152 e. The first-order valence-electron chi connectivity index (χ1n) is 12.1. The Labute approximate surface area is 185 Å². The molecule has 0 radical (unpaired) electrons. The lowest BCUT2D eigenvalue weighted by atomic mass is 10.00. The van der Waals surface area contributed by atoms with E-state index in [0.717, 1.165) is 43.8 Å². The van der Waals surface area contributed by atoms with E-state index in [0.29, 0.717) is 12.8 Å². The van der Waals surface area contributed by atoms with Crippen LogP contribution in [-0.2, 0) is 17.7 Å². The topological polar surface area (TPSA) is 34.6 Å². The monoisotopic (exact) mass is 416 g/mol. The van der Waals surface area contributed by atoms with Crippen LogP contribution in [0.3, 0.4) is 0 Å². The van der Waals surface area contributed by atoms with E-state index in [1.807, 2.05) is 40.0 Å². The van der Waals surface area contributed by atoms with Crippen LogP contribution in [0.1, 0.15) is 85.3 Å². The zero-order valence-electron chi connectivity index (χ0n) is 20.5. The smallest absolute Gasteiger partial charge is 0.152 e. The van der Waals surface area contributed by atoms with Crippen LogP contribution in [0.5, 0.6) is 5.75 Å². The Hall–Kier alpha value is -1.65. The van der Waals surface area contributed by atoms with Gasteiger partial charge in [0, 0.05) is 36.8 Å². The number of fused-ring (bicyclic) bond motifs is 3. The number of benzene rings is 1. The van der Waals surface area contributed by atoms with E-state index >= 15 is 0 Å². The molecule has 0 bridgehead atoms. The summed E-state index contributed by atoms with van der Waals surface area (Å²) < 4.78 is 11.8. The standard InChI is InChI=1S/C19H24N2O2.C3H8.2C2H6/c1-2-14-11-15-12-21(9-7-16-5-4-10-22-16)13-23-19(15)18-17(14)6-3-8-20-18;1-3-2;2*1-2/h3,6,8,11,16H,2,4-5,7,9-10,12-13H2,1H3;3H2,1-2H3;2*1-2H3. The highest BCUT2D eigenvalue weighted by molar-refractivity contribution is 5.89. The van der Waals surface area contributed by atoms with E-state index in [1.165, 1.54) is 35.8 Å². The predicted octanol–water partition coefficient (Wildman–Crippen LogP) is 6.99. The molecule has 1 unspecified atom stereocenters. The molecule has 4 nitrogen and oxygen atoms in total. The zero-order valence-corrected chi connectivity index (χ0v) is 20.5. The molecule has 0 spiro atoms. The van der Waals surface area contributed by atoms with Gasteiger partial charge >= 0.3 is 0 Å². The van der Waals surface area contributed by atoms with Gasteiger partial charge < -0.3 is 9.47 Å². The summed E-state index contributed by atoms with van der Waals surface area (Å²) in [6.07, 6.45) is 8.09. The summed E-state index contributed by atoms with van der Waals surface area (Å²) in [6.45, 7) is 18.0. The third-order valence-corrected chi connectivity index (χ3v) is 4.97. The Morgan fingerprint density at radius 2 is 1.87 bits per heavy atom. The number of aromatic nitrogens is 1. The number of hydrogen-bond donors (Lipinski definition) is 0. The van der Waals surface area contributed by atoms with Gasteiger partial charge in [0.1, 0.15) is 12.2 Å². The highest BCUT2D eigenvalue weighted by Crippen LogP contribution is 2.35. The number of ether oxygens (including phenoxy) is 2. The molecule has 1 aromatic heterocycles. The molecule has 4 rings (SSSR count). The van der Waals surface area contributed by atoms with Crippen LogP contribution in [0.25, 0.3) is 10.9 Å². The van der Waals surface area contributed by atoms with Crippen molar-refractivity contribution in [2.45, 2.75) is 93.2 Å². The summed E-state index contributed by atoms with van der Waals surface area (Å²) in [6, 6.07) is 6.46. The summed E-state index contributed by atoms with van der Waals surface area (Å²) >= 11 is 0. The second-order valence-electron chi connectivity index (χ2n) is 7.23. The van der Waals surface area contributed by atoms with Crippen LogP contribution < -0.4 is 4.74 Å². The van der Waals surface area contributed by atoms with Gasteiger partial charge in [-0.2, -0.15) is 0 Å². The zero-order chi connectivity index (χ0) is 22.4. The van der Waals surface area contributed by atoms with Crippen molar-refractivity contribution in [3.05, 3.63) is 35.5 Å². The van der Waals surface area contributed by atoms with E-state index in [9.17, 15) is 0 Å². The number of nitrogens with zero attached hydrogens (tertiary/aromatic N) is 2. The van der Waals surface area contributed by atoms with Crippen molar-refractivity contribution in [2.24, 2.45) is 0 Å². The largest absolute Gasteiger partial charge is 0.475 e. The molecule has 2 aliphatic heterocycles. The minimum atomic E-state index is 0.445. The Bertz CT molecular complexity index is 711. The molecular weight excluding hydrogens is 372 g/mol. The van der Waals surface area contributed by atoms with E-state index in [-0.39, 0.29) is 0 Å². The third kappa shape index (κ3) is 7.24. The Morgan fingerprint density at radius 3 is 2.50 bits per heavy atom. The fraction of sp³-hybridized carbons (Fsp3) is 0.654. The van der Waals surface area contributed by atoms with Gasteiger partial charge in [0.25, 0.3) is 0 Å². The molecule has 30 heavy (non-hydrogen) atoms. The number of pyridine rings is 1. The number of hydrogen-bond acceptors (Lipinski definition) is 4. The highest BCUT2D eigenvalue weighted by atomic mass is 16.5. The van der Waals surface area contributed by atoms with Crippen molar-refractivity contribution in [1.29, 1.82) is 0 Å². The lowest BCUT2D eigenvalue weighted by Crippen LogP contribution is -2.34. The van der Waals surface area contributed by atoms with Gasteiger partial charge in [0.05, 0.1) is 6.10 Å². The van der Waals surface area contributed by atoms with E-state index in [4.69, 9.17) is 9.47 Å². The molecule has 170 valence electrons. The van der Waals surface area contributed by atoms with E-state index < -0.39 is 0 Å². The van der Waals surface area contributed by atoms with Crippen LogP contribution >= 0.6 is 0 Å². The van der Waals surface area contributed by atoms with Crippen molar-refractivity contribution in [1.82, 2.24) is 9.88 Å². The molecular formula is C26H44N2O2. The van der Waals surface area contributed by atoms with Crippen molar-refractivity contribution < 1.29 is 9.47 Å². The average Bonchev–Trinajstić information content (AvgIpc) is 3.34. The molecule has 2 aromatic rings. The molecule has 0 N–H and O–H groups in total. The van der Waals surface area contributed by atoms with Crippen molar-refractivity contribution in [3.63, 3.8) is 0 Å². The van der Waals surface area contributed by atoms with Crippen molar-refractivity contribution in [3.8, 4) is 5.75 Å². The first kappa shape index (κ1) is 26.4. The fourth-order valence-corrected chi connectivity index (χ4v) is 3.71. The van der Waals surface area contributed by atoms with Gasteiger partial charge in [0.15, 0.2) is 5.75 Å². The normalized spacial score (nSPS) is 17.4. The van der Waals surface area contributed by atoms with Crippen LogP contribution in [0.2, 0.25) is 0 Å². The fourth-order valence-electron chi connectivity index (χ4n) is 3.71. The van der Waals surface area contributed by atoms with Crippen molar-refractivity contribution in [2.75, 3.05) is 19.9 Å². The van der Waals surface area contributed by atoms with Crippen LogP contribution in [0, 0.1) is 0 Å². The molecule has 1 aromatic carbocycles. The molecule has 3 heterocycles. The summed E-state index contributed by atoms with van der Waals surface area (Å²) in [4.78, 5) is 6.95. The second kappa shape index (κ2) is 15.2. The number of rotatable bonds is 4. The van der Waals surface area contributed by atoms with Gasteiger partial charge in [-0.25, -0.2) is 0 Å². The lowest BCUT2D eigenvalue weighted by Gasteiger charge is -2.30. The predicted molar refractivity (Wildman–Crippen MR) is 129 cm³/mol. The SMILES string of the molecule is CC.CC.CCC.CCc1cc2c(c3ncccc13)OCN(CCC1CCCO1)C2. The maximum atomic E-state index is 6.09. The van der Waals surface area contributed by atoms with E-state index in [2.05, 4.69) is 42.8 Å². The first-order chi connectivity index (χ1) is 14.8. The maximum absolute atomic E-state index is 6.09. The Balaban J connectivity index is 0.000000579. The van der Waals surface area contributed by atoms with Crippen molar-refractivity contribution >= 4 is 10.9 Å². The Morgan fingerprint density at radius 1 is 1.13 bits per heavy atom. The molecule has 1 saturated heterocycles. The minimum absolute atomic E-state index is 0.445. The minimum Gasteiger partial charge on any atom is -0.475 e. The molecule has 1 fully saturated rings. The van der Waals surface area contributed by atoms with E-state index in [1.54, 1.807) is 0 Å². The quantitative estimate of drug-likeness (QED) is 0.538. The number of aryl methyl sites for hydroxylation is 1. The average molecular weight is 417 g/mol. The van der Waals surface area contributed by atoms with Gasteiger partial charge in [-0.15, -0.1) is 0 Å². The molecule has 0 aliphatic carbocycles. The Kier molecular flexibility index (Phi) is 13.4. The molecule has 0 amide bonds. The summed E-state index contributed by atoms with van der Waals surface area (Å²) in [5.41, 5.74) is 3.64. The van der Waals surface area contributed by atoms with Crippen LogP contribution in [0.15, 0.2) is 24.4 Å². The molecule has 1 atom stereocenters. The third-order valence-electron chi connectivity index (χ3n) is 4.97. The molecule has 2 aliphatic rings. The molecule has 0 saturated carbocycles. The summed E-state index contributed by atoms with van der Waals surface area (Å²) in [7, 11) is 0. The van der Waals surface area contributed by atoms with Gasteiger partial charge in [-0.1, -0.05) is 67.0 Å². The molecule has 4 heteroatoms. The summed E-state index contributed by atoms with van der Waals surface area (Å²) in [5.74, 6) is 0.978. The second-order valence-corrected chi connectivity index (χ2v) is 7.23. The van der Waals surface area contributed by atoms with Crippen LogP contribution in [0.4, 0.5) is 0 Å². The highest BCUT2D eigenvalue weighted by Gasteiger charge is 2.23. The van der Waals surface area contributed by atoms with Gasteiger partial charge in [-0.05, 0) is 37.3 Å².